The Morgan fingerprint density at radius 3 is 2.79 bits per heavy atom. The fourth-order valence-electron chi connectivity index (χ4n) is 2.77. The van der Waals surface area contributed by atoms with Gasteiger partial charge in [-0.1, -0.05) is 6.92 Å². The molecule has 14 heavy (non-hydrogen) atoms. The summed E-state index contributed by atoms with van der Waals surface area (Å²) in [6, 6.07) is 1.04. The molecule has 3 unspecified atom stereocenters. The Morgan fingerprint density at radius 1 is 1.36 bits per heavy atom. The minimum absolute atomic E-state index is 0.150. The molecule has 0 spiro atoms. The summed E-state index contributed by atoms with van der Waals surface area (Å²) in [4.78, 5) is 13.6. The van der Waals surface area contributed by atoms with Gasteiger partial charge in [0.05, 0.1) is 12.1 Å². The number of amides is 2. The highest BCUT2D eigenvalue weighted by atomic mass is 16.2. The van der Waals surface area contributed by atoms with Gasteiger partial charge in [0.15, 0.2) is 0 Å². The molecule has 80 valence electrons. The molecule has 2 amide bonds. The molecule has 1 heterocycles. The van der Waals surface area contributed by atoms with Crippen LogP contribution in [0.2, 0.25) is 0 Å². The third-order valence-corrected chi connectivity index (χ3v) is 3.70. The summed E-state index contributed by atoms with van der Waals surface area (Å²) in [6.07, 6.45) is 4.87. The van der Waals surface area contributed by atoms with Crippen LogP contribution in [0.4, 0.5) is 4.79 Å². The molecule has 3 nitrogen and oxygen atoms in total. The van der Waals surface area contributed by atoms with Crippen LogP contribution in [0.3, 0.4) is 0 Å². The van der Waals surface area contributed by atoms with E-state index >= 15 is 0 Å². The van der Waals surface area contributed by atoms with Crippen molar-refractivity contribution in [1.29, 1.82) is 0 Å². The molecule has 2 aliphatic rings. The fraction of sp³-hybridized carbons (Fsp3) is 0.909. The molecule has 0 bridgehead atoms. The SMILES string of the molecule is CCN1C(=O)NC2CCC(C)CCC21. The Balaban J connectivity index is 2.08. The molecular formula is C11H20N2O. The van der Waals surface area contributed by atoms with Crippen LogP contribution >= 0.6 is 0 Å². The van der Waals surface area contributed by atoms with Gasteiger partial charge in [-0.2, -0.15) is 0 Å². The van der Waals surface area contributed by atoms with Gasteiger partial charge in [0.25, 0.3) is 0 Å². The summed E-state index contributed by atoms with van der Waals surface area (Å²) >= 11 is 0. The Morgan fingerprint density at radius 2 is 2.07 bits per heavy atom. The number of carbonyl (C=O) groups is 1. The number of nitrogens with zero attached hydrogens (tertiary/aromatic N) is 1. The molecule has 3 atom stereocenters. The second-order valence-corrected chi connectivity index (χ2v) is 4.67. The largest absolute Gasteiger partial charge is 0.333 e. The van der Waals surface area contributed by atoms with Crippen molar-refractivity contribution in [2.24, 2.45) is 5.92 Å². The van der Waals surface area contributed by atoms with Crippen LogP contribution in [-0.4, -0.2) is 29.6 Å². The number of fused-ring (bicyclic) bond motifs is 1. The van der Waals surface area contributed by atoms with Gasteiger partial charge in [-0.15, -0.1) is 0 Å². The van der Waals surface area contributed by atoms with Crippen molar-refractivity contribution in [2.75, 3.05) is 6.54 Å². The first-order valence-corrected chi connectivity index (χ1v) is 5.79. The zero-order chi connectivity index (χ0) is 10.1. The van der Waals surface area contributed by atoms with Gasteiger partial charge in [0.2, 0.25) is 0 Å². The van der Waals surface area contributed by atoms with Crippen LogP contribution in [-0.2, 0) is 0 Å². The van der Waals surface area contributed by atoms with Gasteiger partial charge in [0, 0.05) is 6.54 Å². The first-order valence-electron chi connectivity index (χ1n) is 5.79. The zero-order valence-electron chi connectivity index (χ0n) is 9.12. The predicted octanol–water partition coefficient (Wildman–Crippen LogP) is 1.98. The second-order valence-electron chi connectivity index (χ2n) is 4.67. The van der Waals surface area contributed by atoms with E-state index in [0.29, 0.717) is 12.1 Å². The number of hydrogen-bond donors (Lipinski definition) is 1. The van der Waals surface area contributed by atoms with Crippen LogP contribution in [0.1, 0.15) is 39.5 Å². The van der Waals surface area contributed by atoms with E-state index < -0.39 is 0 Å². The average Bonchev–Trinajstić information content (AvgIpc) is 2.36. The third kappa shape index (κ3) is 1.60. The van der Waals surface area contributed by atoms with Crippen LogP contribution in [0.15, 0.2) is 0 Å². The van der Waals surface area contributed by atoms with E-state index in [1.54, 1.807) is 0 Å². The van der Waals surface area contributed by atoms with E-state index in [9.17, 15) is 4.79 Å². The van der Waals surface area contributed by atoms with Crippen molar-refractivity contribution in [3.63, 3.8) is 0 Å². The smallest absolute Gasteiger partial charge is 0.317 e. The monoisotopic (exact) mass is 196 g/mol. The molecule has 1 aliphatic heterocycles. The summed E-state index contributed by atoms with van der Waals surface area (Å²) < 4.78 is 0. The first-order chi connectivity index (χ1) is 6.72. The fourth-order valence-corrected chi connectivity index (χ4v) is 2.77. The van der Waals surface area contributed by atoms with E-state index in [4.69, 9.17) is 0 Å². The predicted molar refractivity (Wildman–Crippen MR) is 56.1 cm³/mol. The minimum Gasteiger partial charge on any atom is -0.333 e. The number of nitrogens with one attached hydrogen (secondary N) is 1. The first kappa shape index (κ1) is 9.81. The lowest BCUT2D eigenvalue weighted by molar-refractivity contribution is 0.201. The molecule has 2 fully saturated rings. The molecule has 1 aliphatic carbocycles. The van der Waals surface area contributed by atoms with Gasteiger partial charge in [-0.3, -0.25) is 0 Å². The lowest BCUT2D eigenvalue weighted by atomic mass is 10.0. The van der Waals surface area contributed by atoms with Crippen molar-refractivity contribution in [1.82, 2.24) is 10.2 Å². The quantitative estimate of drug-likeness (QED) is 0.683. The normalized spacial score (nSPS) is 37.7. The van der Waals surface area contributed by atoms with Crippen LogP contribution in [0.25, 0.3) is 0 Å². The van der Waals surface area contributed by atoms with E-state index in [0.717, 1.165) is 18.9 Å². The maximum Gasteiger partial charge on any atom is 0.317 e. The summed E-state index contributed by atoms with van der Waals surface area (Å²) in [5.74, 6) is 0.830. The van der Waals surface area contributed by atoms with Gasteiger partial charge in [-0.25, -0.2) is 4.79 Å². The number of rotatable bonds is 1. The van der Waals surface area contributed by atoms with Crippen molar-refractivity contribution in [2.45, 2.75) is 51.6 Å². The minimum atomic E-state index is 0.150. The van der Waals surface area contributed by atoms with Gasteiger partial charge >= 0.3 is 6.03 Å². The van der Waals surface area contributed by atoms with E-state index in [-0.39, 0.29) is 6.03 Å². The molecule has 0 aromatic rings. The lowest BCUT2D eigenvalue weighted by Gasteiger charge is -2.23. The Labute approximate surface area is 85.8 Å². The molecule has 0 radical (unpaired) electrons. The highest BCUT2D eigenvalue weighted by Gasteiger charge is 2.39. The zero-order valence-corrected chi connectivity index (χ0v) is 9.12. The maximum absolute atomic E-state index is 11.6. The molecule has 1 N–H and O–H groups in total. The Hall–Kier alpha value is -0.730. The number of urea groups is 1. The van der Waals surface area contributed by atoms with Crippen LogP contribution < -0.4 is 5.32 Å². The number of likely N-dealkylation sites (N-methyl/N-ethyl adjacent to an activating group) is 1. The van der Waals surface area contributed by atoms with Crippen molar-refractivity contribution < 1.29 is 4.79 Å². The molecule has 2 rings (SSSR count). The Bertz CT molecular complexity index is 229. The molecule has 0 aromatic heterocycles. The summed E-state index contributed by atoms with van der Waals surface area (Å²) in [6.45, 7) is 5.23. The second kappa shape index (κ2) is 3.79. The van der Waals surface area contributed by atoms with E-state index in [1.807, 2.05) is 4.90 Å². The molecular weight excluding hydrogens is 176 g/mol. The standard InChI is InChI=1S/C11H20N2O/c1-3-13-10-7-5-8(2)4-6-9(10)12-11(13)14/h8-10H,3-7H2,1-2H3,(H,12,14). The lowest BCUT2D eigenvalue weighted by Crippen LogP contribution is -2.35. The molecule has 3 heteroatoms. The van der Waals surface area contributed by atoms with Gasteiger partial charge in [-0.05, 0) is 38.5 Å². The van der Waals surface area contributed by atoms with Crippen LogP contribution in [0, 0.1) is 5.92 Å². The summed E-state index contributed by atoms with van der Waals surface area (Å²) in [5, 5.41) is 3.10. The Kier molecular flexibility index (Phi) is 2.66. The number of hydrogen-bond acceptors (Lipinski definition) is 1. The molecule has 1 saturated carbocycles. The van der Waals surface area contributed by atoms with Gasteiger partial charge in [0.1, 0.15) is 0 Å². The average molecular weight is 196 g/mol. The van der Waals surface area contributed by atoms with Gasteiger partial charge < -0.3 is 10.2 Å². The van der Waals surface area contributed by atoms with E-state index in [1.165, 1.54) is 19.3 Å². The van der Waals surface area contributed by atoms with Crippen molar-refractivity contribution >= 4 is 6.03 Å². The molecule has 1 saturated heterocycles. The van der Waals surface area contributed by atoms with E-state index in [2.05, 4.69) is 19.2 Å². The topological polar surface area (TPSA) is 32.3 Å². The van der Waals surface area contributed by atoms with Crippen molar-refractivity contribution in [3.05, 3.63) is 0 Å². The maximum atomic E-state index is 11.6. The van der Waals surface area contributed by atoms with Crippen molar-refractivity contribution in [3.8, 4) is 0 Å². The summed E-state index contributed by atoms with van der Waals surface area (Å²) in [5.41, 5.74) is 0. The highest BCUT2D eigenvalue weighted by molar-refractivity contribution is 5.77. The number of carbonyl (C=O) groups excluding carboxylic acids is 1. The van der Waals surface area contributed by atoms with Crippen LogP contribution in [0.5, 0.6) is 0 Å². The highest BCUT2D eigenvalue weighted by Crippen LogP contribution is 2.29. The molecule has 0 aromatic carbocycles. The third-order valence-electron chi connectivity index (χ3n) is 3.70. The summed E-state index contributed by atoms with van der Waals surface area (Å²) in [7, 11) is 0.